The molecule has 0 aromatic heterocycles. The van der Waals surface area contributed by atoms with Gasteiger partial charge in [0, 0.05) is 24.7 Å². The molecule has 134 valence electrons. The molecule has 1 aliphatic rings. The van der Waals surface area contributed by atoms with E-state index in [0.29, 0.717) is 35.8 Å². The van der Waals surface area contributed by atoms with E-state index in [0.717, 1.165) is 6.54 Å². The van der Waals surface area contributed by atoms with Crippen LogP contribution in [0.4, 0.5) is 10.5 Å². The topological polar surface area (TPSA) is 62.8 Å². The van der Waals surface area contributed by atoms with Crippen molar-refractivity contribution in [2.75, 3.05) is 32.6 Å². The first kappa shape index (κ1) is 18.4. The van der Waals surface area contributed by atoms with Gasteiger partial charge in [-0.05, 0) is 45.4 Å². The highest BCUT2D eigenvalue weighted by Crippen LogP contribution is 2.28. The van der Waals surface area contributed by atoms with Gasteiger partial charge in [-0.1, -0.05) is 6.42 Å². The minimum atomic E-state index is -0.238. The average Bonchev–Trinajstić information content (AvgIpc) is 2.60. The second-order valence-corrected chi connectivity index (χ2v) is 6.33. The number of hydrogen-bond acceptors (Lipinski definition) is 4. The van der Waals surface area contributed by atoms with Crippen molar-refractivity contribution in [1.29, 1.82) is 0 Å². The number of nitrogens with one attached hydrogen (secondary N) is 2. The molecule has 2 N–H and O–H groups in total. The third-order valence-electron chi connectivity index (χ3n) is 4.63. The summed E-state index contributed by atoms with van der Waals surface area (Å²) in [6.45, 7) is 6.14. The number of benzene rings is 1. The lowest BCUT2D eigenvalue weighted by Gasteiger charge is -2.38. The monoisotopic (exact) mass is 335 g/mol. The zero-order chi connectivity index (χ0) is 17.5. The SMILES string of the molecule is COc1ccc(OC)c(NC(=O)NC[C@H](C)N2CCCC[C@@H]2C)c1. The highest BCUT2D eigenvalue weighted by molar-refractivity contribution is 5.91. The van der Waals surface area contributed by atoms with Crippen molar-refractivity contribution in [3.8, 4) is 11.5 Å². The second-order valence-electron chi connectivity index (χ2n) is 6.33. The van der Waals surface area contributed by atoms with Crippen LogP contribution in [0.1, 0.15) is 33.1 Å². The Kier molecular flexibility index (Phi) is 6.73. The number of piperidine rings is 1. The first-order valence-electron chi connectivity index (χ1n) is 8.57. The quantitative estimate of drug-likeness (QED) is 0.838. The molecule has 2 atom stereocenters. The van der Waals surface area contributed by atoms with Gasteiger partial charge in [-0.15, -0.1) is 0 Å². The van der Waals surface area contributed by atoms with Gasteiger partial charge in [-0.25, -0.2) is 4.79 Å². The van der Waals surface area contributed by atoms with Crippen molar-refractivity contribution in [2.24, 2.45) is 0 Å². The molecule has 1 fully saturated rings. The van der Waals surface area contributed by atoms with Gasteiger partial charge >= 0.3 is 6.03 Å². The molecule has 6 nitrogen and oxygen atoms in total. The normalized spacial score (nSPS) is 19.4. The van der Waals surface area contributed by atoms with E-state index >= 15 is 0 Å². The summed E-state index contributed by atoms with van der Waals surface area (Å²) >= 11 is 0. The molecule has 0 unspecified atom stereocenters. The Bertz CT molecular complexity index is 550. The van der Waals surface area contributed by atoms with Gasteiger partial charge in [-0.2, -0.15) is 0 Å². The third-order valence-corrected chi connectivity index (χ3v) is 4.63. The molecule has 0 bridgehead atoms. The summed E-state index contributed by atoms with van der Waals surface area (Å²) in [6.07, 6.45) is 3.77. The number of likely N-dealkylation sites (tertiary alicyclic amines) is 1. The standard InChI is InChI=1S/C18H29N3O3/c1-13-7-5-6-10-21(13)14(2)12-19-18(22)20-16-11-15(23-3)8-9-17(16)24-4/h8-9,11,13-14H,5-7,10,12H2,1-4H3,(H2,19,20,22)/t13-,14-/m0/s1. The first-order valence-corrected chi connectivity index (χ1v) is 8.57. The molecule has 1 saturated heterocycles. The van der Waals surface area contributed by atoms with Gasteiger partial charge in [0.25, 0.3) is 0 Å². The van der Waals surface area contributed by atoms with Crippen LogP contribution in [0.5, 0.6) is 11.5 Å². The fourth-order valence-corrected chi connectivity index (χ4v) is 3.21. The molecule has 24 heavy (non-hydrogen) atoms. The van der Waals surface area contributed by atoms with Crippen LogP contribution in [0.2, 0.25) is 0 Å². The van der Waals surface area contributed by atoms with Gasteiger partial charge in [0.05, 0.1) is 19.9 Å². The number of amides is 2. The van der Waals surface area contributed by atoms with Crippen LogP contribution in [0.25, 0.3) is 0 Å². The number of ether oxygens (including phenoxy) is 2. The van der Waals surface area contributed by atoms with Gasteiger partial charge in [-0.3, -0.25) is 4.90 Å². The molecule has 6 heteroatoms. The van der Waals surface area contributed by atoms with E-state index in [9.17, 15) is 4.79 Å². The zero-order valence-electron chi connectivity index (χ0n) is 15.1. The summed E-state index contributed by atoms with van der Waals surface area (Å²) < 4.78 is 10.5. The summed E-state index contributed by atoms with van der Waals surface area (Å²) in [5.41, 5.74) is 0.591. The van der Waals surface area contributed by atoms with E-state index in [-0.39, 0.29) is 6.03 Å². The molecule has 1 aromatic rings. The molecular formula is C18H29N3O3. The second kappa shape index (κ2) is 8.78. The molecule has 1 heterocycles. The lowest BCUT2D eigenvalue weighted by molar-refractivity contribution is 0.114. The van der Waals surface area contributed by atoms with Crippen LogP contribution < -0.4 is 20.1 Å². The van der Waals surface area contributed by atoms with Crippen molar-refractivity contribution < 1.29 is 14.3 Å². The maximum absolute atomic E-state index is 12.2. The molecule has 0 saturated carbocycles. The number of carbonyl (C=O) groups excluding carboxylic acids is 1. The molecular weight excluding hydrogens is 306 g/mol. The van der Waals surface area contributed by atoms with Crippen molar-refractivity contribution >= 4 is 11.7 Å². The molecule has 2 amide bonds. The largest absolute Gasteiger partial charge is 0.497 e. The predicted octanol–water partition coefficient (Wildman–Crippen LogP) is 3.09. The number of methoxy groups -OCH3 is 2. The van der Waals surface area contributed by atoms with Crippen molar-refractivity contribution in [1.82, 2.24) is 10.2 Å². The van der Waals surface area contributed by atoms with Crippen molar-refractivity contribution in [3.63, 3.8) is 0 Å². The molecule has 1 aromatic carbocycles. The van der Waals surface area contributed by atoms with Crippen LogP contribution in [0.3, 0.4) is 0 Å². The van der Waals surface area contributed by atoms with E-state index in [1.54, 1.807) is 32.4 Å². The van der Waals surface area contributed by atoms with Crippen molar-refractivity contribution in [2.45, 2.75) is 45.2 Å². The number of hydrogen-bond donors (Lipinski definition) is 2. The molecule has 0 radical (unpaired) electrons. The Balaban J connectivity index is 1.89. The number of nitrogens with zero attached hydrogens (tertiary/aromatic N) is 1. The number of anilines is 1. The lowest BCUT2D eigenvalue weighted by Crippen LogP contribution is -2.49. The maximum atomic E-state index is 12.2. The minimum absolute atomic E-state index is 0.238. The van der Waals surface area contributed by atoms with Crippen LogP contribution in [-0.2, 0) is 0 Å². The van der Waals surface area contributed by atoms with Crippen LogP contribution in [-0.4, -0.2) is 50.3 Å². The lowest BCUT2D eigenvalue weighted by atomic mass is 10.0. The minimum Gasteiger partial charge on any atom is -0.497 e. The fraction of sp³-hybridized carbons (Fsp3) is 0.611. The van der Waals surface area contributed by atoms with Gasteiger partial charge in [0.1, 0.15) is 11.5 Å². The zero-order valence-corrected chi connectivity index (χ0v) is 15.1. The first-order chi connectivity index (χ1) is 11.5. The van der Waals surface area contributed by atoms with Crippen LogP contribution in [0.15, 0.2) is 18.2 Å². The third kappa shape index (κ3) is 4.77. The number of urea groups is 1. The Morgan fingerprint density at radius 1 is 1.33 bits per heavy atom. The fourth-order valence-electron chi connectivity index (χ4n) is 3.21. The van der Waals surface area contributed by atoms with E-state index in [4.69, 9.17) is 9.47 Å². The van der Waals surface area contributed by atoms with E-state index in [1.807, 2.05) is 0 Å². The molecule has 0 spiro atoms. The van der Waals surface area contributed by atoms with Crippen molar-refractivity contribution in [3.05, 3.63) is 18.2 Å². The van der Waals surface area contributed by atoms with Gasteiger partial charge in [0.15, 0.2) is 0 Å². The van der Waals surface area contributed by atoms with Crippen LogP contribution in [0, 0.1) is 0 Å². The Morgan fingerprint density at radius 2 is 2.12 bits per heavy atom. The van der Waals surface area contributed by atoms with Gasteiger partial charge < -0.3 is 20.1 Å². The van der Waals surface area contributed by atoms with E-state index < -0.39 is 0 Å². The number of rotatable bonds is 6. The smallest absolute Gasteiger partial charge is 0.319 e. The number of carbonyl (C=O) groups is 1. The summed E-state index contributed by atoms with van der Waals surface area (Å²) in [6, 6.07) is 5.97. The summed E-state index contributed by atoms with van der Waals surface area (Å²) in [7, 11) is 3.16. The van der Waals surface area contributed by atoms with E-state index in [2.05, 4.69) is 29.4 Å². The summed E-state index contributed by atoms with van der Waals surface area (Å²) in [5.74, 6) is 1.27. The van der Waals surface area contributed by atoms with E-state index in [1.165, 1.54) is 19.3 Å². The van der Waals surface area contributed by atoms with Gasteiger partial charge in [0.2, 0.25) is 0 Å². The summed E-state index contributed by atoms with van der Waals surface area (Å²) in [4.78, 5) is 14.7. The Morgan fingerprint density at radius 3 is 2.79 bits per heavy atom. The maximum Gasteiger partial charge on any atom is 0.319 e. The highest BCUT2D eigenvalue weighted by atomic mass is 16.5. The van der Waals surface area contributed by atoms with Crippen LogP contribution >= 0.6 is 0 Å². The average molecular weight is 335 g/mol. The Hall–Kier alpha value is -1.95. The molecule has 2 rings (SSSR count). The Labute approximate surface area is 144 Å². The highest BCUT2D eigenvalue weighted by Gasteiger charge is 2.23. The molecule has 1 aliphatic heterocycles. The molecule has 0 aliphatic carbocycles. The predicted molar refractivity (Wildman–Crippen MR) is 96.0 cm³/mol. The summed E-state index contributed by atoms with van der Waals surface area (Å²) in [5, 5.41) is 5.78.